The molecule has 0 saturated heterocycles. The van der Waals surface area contributed by atoms with Crippen molar-refractivity contribution < 1.29 is 9.85 Å². The molecule has 0 radical (unpaired) electrons. The van der Waals surface area contributed by atoms with E-state index >= 15 is 0 Å². The van der Waals surface area contributed by atoms with E-state index in [9.17, 15) is 20.2 Å². The molecule has 0 aromatic heterocycles. The number of alkyl halides is 1. The van der Waals surface area contributed by atoms with E-state index in [1.54, 1.807) is 0 Å². The molecule has 0 saturated carbocycles. The predicted octanol–water partition coefficient (Wildman–Crippen LogP) is 0.997. The van der Waals surface area contributed by atoms with Gasteiger partial charge in [-0.25, -0.2) is 0 Å². The molecule has 1 N–H and O–H groups in total. The van der Waals surface area contributed by atoms with Gasteiger partial charge in [0, 0.05) is 22.7 Å². The van der Waals surface area contributed by atoms with Crippen LogP contribution in [0.1, 0.15) is 12.8 Å². The van der Waals surface area contributed by atoms with Crippen LogP contribution < -0.4 is 4.84 Å². The number of nitro groups is 2. The Hall–Kier alpha value is -0.660. The highest BCUT2D eigenvalue weighted by Gasteiger charge is 2.25. The van der Waals surface area contributed by atoms with E-state index in [1.165, 1.54) is 0 Å². The Bertz CT molecular complexity index is 193. The highest BCUT2D eigenvalue weighted by molar-refractivity contribution is 6.18. The summed E-state index contributed by atoms with van der Waals surface area (Å²) in [5.74, 6) is -0.167. The molecule has 0 aliphatic rings. The van der Waals surface area contributed by atoms with Gasteiger partial charge in [-0.3, -0.25) is 20.2 Å². The van der Waals surface area contributed by atoms with Crippen LogP contribution in [0.5, 0.6) is 0 Å². The van der Waals surface area contributed by atoms with Crippen molar-refractivity contribution in [3.8, 4) is 0 Å². The van der Waals surface area contributed by atoms with E-state index in [2.05, 4.69) is 0 Å². The highest BCUT2D eigenvalue weighted by Crippen LogP contribution is 2.07. The molecular formula is C5H9Cl2N3O4. The Balaban J connectivity index is 4.00. The SMILES string of the molecule is O=[N+]([O-])C(CCl)CCC(NCl)[N+](=O)[O-]. The second-order valence-electron chi connectivity index (χ2n) is 2.58. The summed E-state index contributed by atoms with van der Waals surface area (Å²) in [5, 5.41) is 20.6. The molecule has 2 unspecified atom stereocenters. The lowest BCUT2D eigenvalue weighted by Crippen LogP contribution is -2.32. The van der Waals surface area contributed by atoms with Crippen LogP contribution in [0.4, 0.5) is 0 Å². The molecule has 2 atom stereocenters. The van der Waals surface area contributed by atoms with Crippen LogP contribution in [0.2, 0.25) is 0 Å². The molecule has 0 bridgehead atoms. The van der Waals surface area contributed by atoms with Gasteiger partial charge in [0.25, 0.3) is 6.17 Å². The lowest BCUT2D eigenvalue weighted by molar-refractivity contribution is -0.537. The molecule has 0 spiro atoms. The fraction of sp³-hybridized carbons (Fsp3) is 1.00. The first-order valence-electron chi connectivity index (χ1n) is 3.72. The molecule has 14 heavy (non-hydrogen) atoms. The molecule has 0 aromatic carbocycles. The van der Waals surface area contributed by atoms with Crippen LogP contribution in [0.3, 0.4) is 0 Å². The van der Waals surface area contributed by atoms with Crippen molar-refractivity contribution in [2.75, 3.05) is 5.88 Å². The number of nitrogens with zero attached hydrogens (tertiary/aromatic N) is 2. The number of rotatable bonds is 7. The van der Waals surface area contributed by atoms with Crippen molar-refractivity contribution in [1.82, 2.24) is 4.84 Å². The molecule has 0 amide bonds. The molecule has 0 aromatic rings. The average molecular weight is 246 g/mol. The largest absolute Gasteiger partial charge is 0.278 e. The minimum atomic E-state index is -1.18. The molecule has 0 heterocycles. The Kier molecular flexibility index (Phi) is 6.43. The van der Waals surface area contributed by atoms with Gasteiger partial charge in [0.2, 0.25) is 6.04 Å². The number of hydrogen-bond acceptors (Lipinski definition) is 5. The zero-order chi connectivity index (χ0) is 11.1. The molecule has 9 heteroatoms. The van der Waals surface area contributed by atoms with Gasteiger partial charge >= 0.3 is 0 Å². The summed E-state index contributed by atoms with van der Waals surface area (Å²) in [5.41, 5.74) is 0. The van der Waals surface area contributed by atoms with Crippen molar-refractivity contribution in [1.29, 1.82) is 0 Å². The quantitative estimate of drug-likeness (QED) is 0.237. The first-order valence-corrected chi connectivity index (χ1v) is 4.63. The maximum atomic E-state index is 10.3. The minimum absolute atomic E-state index is 0.0157. The summed E-state index contributed by atoms with van der Waals surface area (Å²) in [6.07, 6.45) is -1.20. The summed E-state index contributed by atoms with van der Waals surface area (Å²) in [6.45, 7) is 0. The summed E-state index contributed by atoms with van der Waals surface area (Å²) in [4.78, 5) is 21.3. The van der Waals surface area contributed by atoms with Gasteiger partial charge in [-0.05, 0) is 11.8 Å². The topological polar surface area (TPSA) is 98.3 Å². The van der Waals surface area contributed by atoms with Gasteiger partial charge in [-0.15, -0.1) is 11.6 Å². The maximum Gasteiger partial charge on any atom is 0.278 e. The van der Waals surface area contributed by atoms with Gasteiger partial charge in [0.15, 0.2) is 0 Å². The highest BCUT2D eigenvalue weighted by atomic mass is 35.5. The summed E-state index contributed by atoms with van der Waals surface area (Å²) < 4.78 is 0. The van der Waals surface area contributed by atoms with Gasteiger partial charge in [-0.1, -0.05) is 0 Å². The number of nitrogens with one attached hydrogen (secondary N) is 1. The number of halogens is 2. The second-order valence-corrected chi connectivity index (χ2v) is 3.11. The summed E-state index contributed by atoms with van der Waals surface area (Å²) in [7, 11) is 0. The van der Waals surface area contributed by atoms with Gasteiger partial charge in [0.05, 0.1) is 5.88 Å². The predicted molar refractivity (Wildman–Crippen MR) is 50.5 cm³/mol. The Morgan fingerprint density at radius 3 is 2.07 bits per heavy atom. The zero-order valence-electron chi connectivity index (χ0n) is 7.06. The third-order valence-electron chi connectivity index (χ3n) is 1.63. The van der Waals surface area contributed by atoms with E-state index in [0.29, 0.717) is 0 Å². The second kappa shape index (κ2) is 6.74. The van der Waals surface area contributed by atoms with Crippen LogP contribution in [0.15, 0.2) is 0 Å². The van der Waals surface area contributed by atoms with Crippen LogP contribution in [-0.2, 0) is 0 Å². The Labute approximate surface area is 89.8 Å². The lowest BCUT2D eigenvalue weighted by atomic mass is 10.1. The molecule has 0 rings (SSSR count). The van der Waals surface area contributed by atoms with Crippen LogP contribution in [-0.4, -0.2) is 27.9 Å². The Morgan fingerprint density at radius 2 is 1.79 bits per heavy atom. The van der Waals surface area contributed by atoms with Crippen molar-refractivity contribution in [2.24, 2.45) is 0 Å². The molecule has 7 nitrogen and oxygen atoms in total. The lowest BCUT2D eigenvalue weighted by Gasteiger charge is -2.08. The standard InChI is InChI=1S/C5H9Cl2N3O4/c6-3-4(9(11)12)1-2-5(8-7)10(13)14/h4-5,8H,1-3H2. The third kappa shape index (κ3) is 4.54. The maximum absolute atomic E-state index is 10.3. The molecule has 82 valence electrons. The van der Waals surface area contributed by atoms with E-state index in [0.717, 1.165) is 0 Å². The average Bonchev–Trinajstić information content (AvgIpc) is 2.11. The van der Waals surface area contributed by atoms with Crippen LogP contribution >= 0.6 is 23.4 Å². The summed E-state index contributed by atoms with van der Waals surface area (Å²) >= 11 is 10.4. The normalized spacial score (nSPS) is 14.7. The van der Waals surface area contributed by atoms with Crippen molar-refractivity contribution in [3.63, 3.8) is 0 Å². The Morgan fingerprint density at radius 1 is 1.21 bits per heavy atom. The molecular weight excluding hydrogens is 237 g/mol. The zero-order valence-corrected chi connectivity index (χ0v) is 8.57. The summed E-state index contributed by atoms with van der Waals surface area (Å²) in [6, 6.07) is -0.968. The molecule has 0 aliphatic carbocycles. The van der Waals surface area contributed by atoms with E-state index in [-0.39, 0.29) is 18.7 Å². The van der Waals surface area contributed by atoms with Gasteiger partial charge in [-0.2, -0.15) is 4.84 Å². The van der Waals surface area contributed by atoms with E-state index in [1.807, 2.05) is 4.84 Å². The fourth-order valence-corrected chi connectivity index (χ4v) is 1.24. The van der Waals surface area contributed by atoms with Crippen molar-refractivity contribution in [2.45, 2.75) is 25.0 Å². The fourth-order valence-electron chi connectivity index (χ4n) is 0.789. The third-order valence-corrected chi connectivity index (χ3v) is 2.24. The van der Waals surface area contributed by atoms with E-state index < -0.39 is 22.1 Å². The smallest absolute Gasteiger partial charge is 0.264 e. The number of hydrogen-bond donors (Lipinski definition) is 1. The molecule has 0 fully saturated rings. The first-order chi connectivity index (χ1) is 6.52. The monoisotopic (exact) mass is 245 g/mol. The van der Waals surface area contributed by atoms with Crippen molar-refractivity contribution >= 4 is 23.4 Å². The van der Waals surface area contributed by atoms with Gasteiger partial charge in [0.1, 0.15) is 0 Å². The molecule has 0 aliphatic heterocycles. The van der Waals surface area contributed by atoms with Crippen molar-refractivity contribution in [3.05, 3.63) is 20.2 Å². The van der Waals surface area contributed by atoms with Crippen LogP contribution in [0, 0.1) is 20.2 Å². The van der Waals surface area contributed by atoms with Crippen LogP contribution in [0.25, 0.3) is 0 Å². The van der Waals surface area contributed by atoms with Gasteiger partial charge < -0.3 is 0 Å². The van der Waals surface area contributed by atoms with E-state index in [4.69, 9.17) is 23.4 Å². The minimum Gasteiger partial charge on any atom is -0.264 e. The first kappa shape index (κ1) is 13.3.